The standard InChI is InChI=1S/C21H24N2O5/c1-26-17-3-2-4-18(12-17)27-10-9-22-13-16(24)14-28-19-6-7-20-15(11-19)5-8-21(25)23-20/h2-8,11-12,16,22,24H,9-10,13-14H2,1H3,(H,23,25). The number of aromatic nitrogens is 1. The van der Waals surface area contributed by atoms with Crippen LogP contribution in [-0.2, 0) is 0 Å². The molecule has 0 fully saturated rings. The number of pyridine rings is 1. The lowest BCUT2D eigenvalue weighted by Crippen LogP contribution is -2.33. The molecule has 0 spiro atoms. The summed E-state index contributed by atoms with van der Waals surface area (Å²) in [7, 11) is 1.61. The van der Waals surface area contributed by atoms with Crippen LogP contribution in [0.2, 0.25) is 0 Å². The molecule has 1 atom stereocenters. The molecule has 0 bridgehead atoms. The topological polar surface area (TPSA) is 92.8 Å². The molecule has 2 aromatic carbocycles. The molecular weight excluding hydrogens is 360 g/mol. The highest BCUT2D eigenvalue weighted by molar-refractivity contribution is 5.79. The van der Waals surface area contributed by atoms with E-state index in [9.17, 15) is 9.90 Å². The summed E-state index contributed by atoms with van der Waals surface area (Å²) in [6.45, 7) is 1.63. The number of benzene rings is 2. The highest BCUT2D eigenvalue weighted by atomic mass is 16.5. The largest absolute Gasteiger partial charge is 0.497 e. The Balaban J connectivity index is 1.36. The number of hydrogen-bond acceptors (Lipinski definition) is 6. The first kappa shape index (κ1) is 19.7. The molecule has 148 valence electrons. The molecule has 3 rings (SSSR count). The maximum absolute atomic E-state index is 11.3. The zero-order chi connectivity index (χ0) is 19.8. The highest BCUT2D eigenvalue weighted by Crippen LogP contribution is 2.19. The van der Waals surface area contributed by atoms with Gasteiger partial charge in [-0.2, -0.15) is 0 Å². The number of rotatable bonds is 10. The average molecular weight is 384 g/mol. The minimum absolute atomic E-state index is 0.141. The third kappa shape index (κ3) is 5.73. The summed E-state index contributed by atoms with van der Waals surface area (Å²) in [4.78, 5) is 14.0. The zero-order valence-corrected chi connectivity index (χ0v) is 15.7. The van der Waals surface area contributed by atoms with Crippen LogP contribution in [0, 0.1) is 0 Å². The minimum atomic E-state index is -0.650. The molecule has 0 saturated carbocycles. The van der Waals surface area contributed by atoms with Crippen molar-refractivity contribution in [3.05, 3.63) is 65.0 Å². The van der Waals surface area contributed by atoms with E-state index in [-0.39, 0.29) is 12.2 Å². The van der Waals surface area contributed by atoms with Gasteiger partial charge in [0.15, 0.2) is 0 Å². The molecular formula is C21H24N2O5. The first-order chi connectivity index (χ1) is 13.6. The van der Waals surface area contributed by atoms with E-state index in [2.05, 4.69) is 10.3 Å². The Labute approximate surface area is 162 Å². The quantitative estimate of drug-likeness (QED) is 0.463. The number of fused-ring (bicyclic) bond motifs is 1. The number of ether oxygens (including phenoxy) is 3. The predicted octanol–water partition coefficient (Wildman–Crippen LogP) is 1.94. The maximum Gasteiger partial charge on any atom is 0.248 e. The molecule has 1 aromatic heterocycles. The van der Waals surface area contributed by atoms with Crippen LogP contribution in [0.3, 0.4) is 0 Å². The van der Waals surface area contributed by atoms with Crippen LogP contribution in [0.1, 0.15) is 0 Å². The first-order valence-corrected chi connectivity index (χ1v) is 9.05. The van der Waals surface area contributed by atoms with Gasteiger partial charge in [-0.25, -0.2) is 0 Å². The number of aliphatic hydroxyl groups is 1. The van der Waals surface area contributed by atoms with Crippen molar-refractivity contribution in [1.82, 2.24) is 10.3 Å². The maximum atomic E-state index is 11.3. The van der Waals surface area contributed by atoms with Crippen LogP contribution in [0.5, 0.6) is 17.2 Å². The first-order valence-electron chi connectivity index (χ1n) is 9.05. The second-order valence-corrected chi connectivity index (χ2v) is 6.27. The molecule has 0 saturated heterocycles. The smallest absolute Gasteiger partial charge is 0.248 e. The molecule has 0 aliphatic carbocycles. The molecule has 0 radical (unpaired) electrons. The minimum Gasteiger partial charge on any atom is -0.497 e. The van der Waals surface area contributed by atoms with E-state index in [0.29, 0.717) is 25.4 Å². The number of aromatic amines is 1. The van der Waals surface area contributed by atoms with Gasteiger partial charge in [0.2, 0.25) is 5.56 Å². The zero-order valence-electron chi connectivity index (χ0n) is 15.7. The predicted molar refractivity (Wildman–Crippen MR) is 107 cm³/mol. The molecule has 7 nitrogen and oxygen atoms in total. The summed E-state index contributed by atoms with van der Waals surface area (Å²) in [5, 5.41) is 14.1. The number of nitrogens with one attached hydrogen (secondary N) is 2. The Morgan fingerprint density at radius 1 is 1.04 bits per heavy atom. The van der Waals surface area contributed by atoms with Crippen molar-refractivity contribution in [2.75, 3.05) is 33.4 Å². The molecule has 0 aliphatic rings. The van der Waals surface area contributed by atoms with Crippen molar-refractivity contribution in [2.24, 2.45) is 0 Å². The highest BCUT2D eigenvalue weighted by Gasteiger charge is 2.06. The summed E-state index contributed by atoms with van der Waals surface area (Å²) in [5.74, 6) is 2.13. The normalized spacial score (nSPS) is 11.9. The molecule has 1 heterocycles. The van der Waals surface area contributed by atoms with Gasteiger partial charge in [0.25, 0.3) is 0 Å². The van der Waals surface area contributed by atoms with Crippen molar-refractivity contribution >= 4 is 10.9 Å². The molecule has 1 unspecified atom stereocenters. The van der Waals surface area contributed by atoms with Crippen molar-refractivity contribution in [3.8, 4) is 17.2 Å². The second-order valence-electron chi connectivity index (χ2n) is 6.27. The van der Waals surface area contributed by atoms with Gasteiger partial charge < -0.3 is 29.6 Å². The summed E-state index contributed by atoms with van der Waals surface area (Å²) in [6.07, 6.45) is -0.650. The van der Waals surface area contributed by atoms with Crippen LogP contribution >= 0.6 is 0 Å². The van der Waals surface area contributed by atoms with E-state index in [1.165, 1.54) is 6.07 Å². The molecule has 0 aliphatic heterocycles. The Bertz CT molecular complexity index is 957. The second kappa shape index (κ2) is 9.77. The summed E-state index contributed by atoms with van der Waals surface area (Å²) in [6, 6.07) is 16.0. The third-order valence-corrected chi connectivity index (χ3v) is 4.11. The van der Waals surface area contributed by atoms with Crippen molar-refractivity contribution < 1.29 is 19.3 Å². The van der Waals surface area contributed by atoms with E-state index in [1.54, 1.807) is 25.3 Å². The summed E-state index contributed by atoms with van der Waals surface area (Å²) in [5.41, 5.74) is 0.608. The number of H-pyrrole nitrogens is 1. The number of methoxy groups -OCH3 is 1. The van der Waals surface area contributed by atoms with Gasteiger partial charge in [-0.15, -0.1) is 0 Å². The van der Waals surface area contributed by atoms with Crippen LogP contribution in [0.25, 0.3) is 10.9 Å². The van der Waals surface area contributed by atoms with Crippen molar-refractivity contribution in [2.45, 2.75) is 6.10 Å². The Morgan fingerprint density at radius 3 is 2.71 bits per heavy atom. The van der Waals surface area contributed by atoms with Gasteiger partial charge in [-0.1, -0.05) is 6.07 Å². The monoisotopic (exact) mass is 384 g/mol. The van der Waals surface area contributed by atoms with Gasteiger partial charge in [-0.3, -0.25) is 4.79 Å². The third-order valence-electron chi connectivity index (χ3n) is 4.11. The van der Waals surface area contributed by atoms with E-state index >= 15 is 0 Å². The lowest BCUT2D eigenvalue weighted by atomic mass is 10.2. The number of hydrogen-bond donors (Lipinski definition) is 3. The lowest BCUT2D eigenvalue weighted by molar-refractivity contribution is 0.105. The van der Waals surface area contributed by atoms with E-state index in [4.69, 9.17) is 14.2 Å². The van der Waals surface area contributed by atoms with Crippen LogP contribution < -0.4 is 25.1 Å². The van der Waals surface area contributed by atoms with Crippen molar-refractivity contribution in [3.63, 3.8) is 0 Å². The fourth-order valence-electron chi connectivity index (χ4n) is 2.67. The van der Waals surface area contributed by atoms with E-state index < -0.39 is 6.10 Å². The molecule has 28 heavy (non-hydrogen) atoms. The fourth-order valence-corrected chi connectivity index (χ4v) is 2.67. The van der Waals surface area contributed by atoms with Crippen LogP contribution in [-0.4, -0.2) is 49.6 Å². The molecule has 3 N–H and O–H groups in total. The molecule has 7 heteroatoms. The van der Waals surface area contributed by atoms with Gasteiger partial charge in [0.1, 0.15) is 36.6 Å². The Morgan fingerprint density at radius 2 is 1.86 bits per heavy atom. The Hall–Kier alpha value is -3.03. The number of aliphatic hydroxyl groups excluding tert-OH is 1. The SMILES string of the molecule is COc1cccc(OCCNCC(O)COc2ccc3[nH]c(=O)ccc3c2)c1. The van der Waals surface area contributed by atoms with Gasteiger partial charge in [0, 0.05) is 36.1 Å². The van der Waals surface area contributed by atoms with Gasteiger partial charge in [-0.05, 0) is 36.4 Å². The Kier molecular flexibility index (Phi) is 6.89. The van der Waals surface area contributed by atoms with Gasteiger partial charge >= 0.3 is 0 Å². The summed E-state index contributed by atoms with van der Waals surface area (Å²) >= 11 is 0. The van der Waals surface area contributed by atoms with E-state index in [1.807, 2.05) is 30.3 Å². The van der Waals surface area contributed by atoms with Crippen LogP contribution in [0.15, 0.2) is 59.4 Å². The van der Waals surface area contributed by atoms with E-state index in [0.717, 1.165) is 22.4 Å². The van der Waals surface area contributed by atoms with Crippen molar-refractivity contribution in [1.29, 1.82) is 0 Å². The lowest BCUT2D eigenvalue weighted by Gasteiger charge is -2.14. The molecule has 3 aromatic rings. The van der Waals surface area contributed by atoms with Gasteiger partial charge in [0.05, 0.1) is 7.11 Å². The average Bonchev–Trinajstić information content (AvgIpc) is 2.72. The summed E-state index contributed by atoms with van der Waals surface area (Å²) < 4.78 is 16.4. The van der Waals surface area contributed by atoms with Crippen LogP contribution in [0.4, 0.5) is 0 Å². The fraction of sp³-hybridized carbons (Fsp3) is 0.286. The molecule has 0 amide bonds.